The van der Waals surface area contributed by atoms with Crippen LogP contribution in [0.5, 0.6) is 0 Å². The van der Waals surface area contributed by atoms with E-state index in [1.807, 2.05) is 12.1 Å². The van der Waals surface area contributed by atoms with Crippen molar-refractivity contribution in [2.24, 2.45) is 5.73 Å². The fourth-order valence-electron chi connectivity index (χ4n) is 2.18. The first-order valence-corrected chi connectivity index (χ1v) is 8.94. The van der Waals surface area contributed by atoms with Crippen LogP contribution in [0.3, 0.4) is 0 Å². The normalized spacial score (nSPS) is 14.1. The Morgan fingerprint density at radius 1 is 1.57 bits per heavy atom. The third-order valence-electron chi connectivity index (χ3n) is 3.38. The van der Waals surface area contributed by atoms with Crippen molar-refractivity contribution in [3.05, 3.63) is 44.7 Å². The molecule has 4 N–H and O–H groups in total. The molecule has 0 saturated carbocycles. The van der Waals surface area contributed by atoms with Crippen molar-refractivity contribution in [1.82, 2.24) is 4.98 Å². The van der Waals surface area contributed by atoms with E-state index in [-0.39, 0.29) is 6.04 Å². The minimum absolute atomic E-state index is 0.375. The summed E-state index contributed by atoms with van der Waals surface area (Å²) in [5.74, 6) is 0.817. The lowest BCUT2D eigenvalue weighted by Crippen LogP contribution is -2.23. The maximum atomic E-state index is 10.3. The van der Waals surface area contributed by atoms with Gasteiger partial charge in [-0.05, 0) is 35.0 Å². The molecule has 0 fully saturated rings. The lowest BCUT2D eigenvalue weighted by atomic mass is 10.1. The number of fused-ring (bicyclic) bond motifs is 1. The molecule has 122 valence electrons. The molecule has 3 aromatic rings. The summed E-state index contributed by atoms with van der Waals surface area (Å²) in [5, 5.41) is 14.0. The van der Waals surface area contributed by atoms with Gasteiger partial charge in [-0.1, -0.05) is 11.6 Å². The minimum atomic E-state index is -0.764. The van der Waals surface area contributed by atoms with Gasteiger partial charge in [0.05, 0.1) is 38.1 Å². The molecule has 0 bridgehead atoms. The summed E-state index contributed by atoms with van der Waals surface area (Å²) in [7, 11) is 0. The van der Waals surface area contributed by atoms with Crippen molar-refractivity contribution in [3.8, 4) is 0 Å². The first kappa shape index (κ1) is 16.7. The lowest BCUT2D eigenvalue weighted by Gasteiger charge is -2.12. The van der Waals surface area contributed by atoms with Crippen LogP contribution in [0.1, 0.15) is 23.7 Å². The fraction of sp³-hybridized carbons (Fsp3) is 0.267. The first-order chi connectivity index (χ1) is 11.0. The van der Waals surface area contributed by atoms with E-state index in [2.05, 4.69) is 26.2 Å². The van der Waals surface area contributed by atoms with Crippen LogP contribution in [0.15, 0.2) is 33.4 Å². The number of aliphatic hydroxyl groups excluding tert-OH is 1. The van der Waals surface area contributed by atoms with Crippen molar-refractivity contribution in [2.45, 2.75) is 25.6 Å². The van der Waals surface area contributed by atoms with Gasteiger partial charge in [0.1, 0.15) is 17.0 Å². The van der Waals surface area contributed by atoms with Crippen LogP contribution in [-0.4, -0.2) is 16.1 Å². The third kappa shape index (κ3) is 3.39. The molecule has 3 aromatic heterocycles. The highest BCUT2D eigenvalue weighted by Gasteiger charge is 2.23. The number of aromatic nitrogens is 1. The van der Waals surface area contributed by atoms with Crippen LogP contribution >= 0.6 is 38.9 Å². The predicted octanol–water partition coefficient (Wildman–Crippen LogP) is 4.30. The number of nitrogens with two attached hydrogens (primary N) is 1. The van der Waals surface area contributed by atoms with Crippen molar-refractivity contribution in [1.29, 1.82) is 0 Å². The van der Waals surface area contributed by atoms with Gasteiger partial charge in [0.25, 0.3) is 0 Å². The number of hydrogen-bond donors (Lipinski definition) is 3. The Labute approximate surface area is 150 Å². The van der Waals surface area contributed by atoms with Crippen molar-refractivity contribution < 1.29 is 9.52 Å². The van der Waals surface area contributed by atoms with Crippen molar-refractivity contribution in [3.63, 3.8) is 0 Å². The molecule has 2 atom stereocenters. The lowest BCUT2D eigenvalue weighted by molar-refractivity contribution is 0.156. The summed E-state index contributed by atoms with van der Waals surface area (Å²) in [6, 6.07) is 5.11. The minimum Gasteiger partial charge on any atom is -0.467 e. The number of pyridine rings is 1. The van der Waals surface area contributed by atoms with E-state index in [9.17, 15) is 5.11 Å². The molecule has 0 aliphatic rings. The molecule has 5 nitrogen and oxygen atoms in total. The van der Waals surface area contributed by atoms with Crippen molar-refractivity contribution >= 4 is 54.8 Å². The molecular weight excluding hydrogens is 402 g/mol. The highest BCUT2D eigenvalue weighted by molar-refractivity contribution is 9.10. The zero-order chi connectivity index (χ0) is 16.6. The van der Waals surface area contributed by atoms with Crippen LogP contribution in [0.4, 0.5) is 5.69 Å². The molecule has 3 heterocycles. The summed E-state index contributed by atoms with van der Waals surface area (Å²) in [6.07, 6.45) is 0.866. The van der Waals surface area contributed by atoms with E-state index < -0.39 is 6.10 Å². The molecule has 0 aliphatic carbocycles. The molecule has 0 spiro atoms. The number of furan rings is 1. The molecule has 1 unspecified atom stereocenters. The average Bonchev–Trinajstić information content (AvgIpc) is 3.13. The van der Waals surface area contributed by atoms with Crippen LogP contribution < -0.4 is 11.1 Å². The molecule has 0 saturated heterocycles. The number of rotatable bonds is 5. The summed E-state index contributed by atoms with van der Waals surface area (Å²) < 4.78 is 6.96. The van der Waals surface area contributed by atoms with Crippen molar-refractivity contribution in [2.75, 3.05) is 5.32 Å². The number of thiophene rings is 1. The van der Waals surface area contributed by atoms with Gasteiger partial charge in [-0.2, -0.15) is 0 Å². The van der Waals surface area contributed by atoms with E-state index in [1.165, 1.54) is 11.3 Å². The van der Waals surface area contributed by atoms with Crippen LogP contribution in [0, 0.1) is 0 Å². The molecule has 8 heteroatoms. The number of nitrogens with zero attached hydrogens (tertiary/aromatic N) is 1. The molecule has 23 heavy (non-hydrogen) atoms. The van der Waals surface area contributed by atoms with Gasteiger partial charge in [-0.3, -0.25) is 0 Å². The van der Waals surface area contributed by atoms with E-state index >= 15 is 0 Å². The van der Waals surface area contributed by atoms with E-state index in [0.29, 0.717) is 17.2 Å². The standard InChI is InChI=1S/C15H15BrClN3O2S/c1-7(18)13(21)15-11(16)12-14(23-15)9(5-10(17)20-12)19-6-8-3-2-4-22-8/h2-5,7,13,21H,6,18H2,1H3,(H,19,20)/t7-,13?/m0/s1. The Hall–Kier alpha value is -1.12. The zero-order valence-electron chi connectivity index (χ0n) is 12.2. The molecule has 0 aliphatic heterocycles. The second-order valence-corrected chi connectivity index (χ2v) is 7.42. The van der Waals surface area contributed by atoms with E-state index in [0.717, 1.165) is 25.5 Å². The van der Waals surface area contributed by atoms with Gasteiger partial charge in [-0.25, -0.2) is 4.98 Å². The molecular formula is C15H15BrClN3O2S. The van der Waals surface area contributed by atoms with Crippen LogP contribution in [0.2, 0.25) is 5.15 Å². The van der Waals surface area contributed by atoms with Crippen LogP contribution in [-0.2, 0) is 6.54 Å². The Balaban J connectivity index is 2.02. The maximum Gasteiger partial charge on any atom is 0.131 e. The Morgan fingerprint density at radius 2 is 2.35 bits per heavy atom. The van der Waals surface area contributed by atoms with E-state index in [4.69, 9.17) is 21.8 Å². The zero-order valence-corrected chi connectivity index (χ0v) is 15.4. The first-order valence-electron chi connectivity index (χ1n) is 6.95. The average molecular weight is 417 g/mol. The maximum absolute atomic E-state index is 10.3. The Morgan fingerprint density at radius 3 is 3.00 bits per heavy atom. The van der Waals surface area contributed by atoms with Gasteiger partial charge in [0.15, 0.2) is 0 Å². The highest BCUT2D eigenvalue weighted by Crippen LogP contribution is 2.43. The quantitative estimate of drug-likeness (QED) is 0.540. The number of halogens is 2. The molecule has 3 rings (SSSR count). The number of anilines is 1. The van der Waals surface area contributed by atoms with E-state index in [1.54, 1.807) is 19.3 Å². The number of hydrogen-bond acceptors (Lipinski definition) is 6. The topological polar surface area (TPSA) is 84.3 Å². The second kappa shape index (κ2) is 6.78. The molecule has 0 radical (unpaired) electrons. The predicted molar refractivity (Wildman–Crippen MR) is 97.0 cm³/mol. The SMILES string of the molecule is C[C@H](N)C(O)c1sc2c(NCc3ccco3)cc(Cl)nc2c1Br. The number of aliphatic hydroxyl groups is 1. The monoisotopic (exact) mass is 415 g/mol. The smallest absolute Gasteiger partial charge is 0.131 e. The summed E-state index contributed by atoms with van der Waals surface area (Å²) in [4.78, 5) is 5.10. The summed E-state index contributed by atoms with van der Waals surface area (Å²) in [5.41, 5.74) is 7.36. The van der Waals surface area contributed by atoms with Gasteiger partial charge < -0.3 is 20.6 Å². The summed E-state index contributed by atoms with van der Waals surface area (Å²) in [6.45, 7) is 2.29. The van der Waals surface area contributed by atoms with Gasteiger partial charge >= 0.3 is 0 Å². The largest absolute Gasteiger partial charge is 0.467 e. The Bertz CT molecular complexity index is 820. The second-order valence-electron chi connectivity index (χ2n) is 5.19. The van der Waals surface area contributed by atoms with Crippen LogP contribution in [0.25, 0.3) is 10.2 Å². The van der Waals surface area contributed by atoms with Gasteiger partial charge in [0.2, 0.25) is 0 Å². The summed E-state index contributed by atoms with van der Waals surface area (Å²) >= 11 is 11.1. The molecule has 0 amide bonds. The Kier molecular flexibility index (Phi) is 4.93. The third-order valence-corrected chi connectivity index (χ3v) is 5.92. The molecule has 0 aromatic carbocycles. The van der Waals surface area contributed by atoms with Gasteiger partial charge in [0, 0.05) is 12.1 Å². The highest BCUT2D eigenvalue weighted by atomic mass is 79.9. The number of nitrogens with one attached hydrogen (secondary N) is 1. The van der Waals surface area contributed by atoms with Gasteiger partial charge in [-0.15, -0.1) is 11.3 Å². The fourth-order valence-corrected chi connectivity index (χ4v) is 4.50.